The van der Waals surface area contributed by atoms with E-state index in [9.17, 15) is 9.65 Å². The third-order valence-electron chi connectivity index (χ3n) is 4.06. The minimum Gasteiger partial charge on any atom is -0.365 e. The quantitative estimate of drug-likeness (QED) is 0.857. The third-order valence-corrected chi connectivity index (χ3v) is 4.06. The number of nitrogens with zero attached hydrogens (tertiary/aromatic N) is 1. The van der Waals surface area contributed by atoms with E-state index in [0.29, 0.717) is 11.6 Å². The van der Waals surface area contributed by atoms with Gasteiger partial charge in [0.05, 0.1) is 11.8 Å². The fraction of sp³-hybridized carbons (Fsp3) is 0.533. The second-order valence-corrected chi connectivity index (χ2v) is 5.47. The number of hydrogen-bond acceptors (Lipinski definition) is 2. The van der Waals surface area contributed by atoms with E-state index >= 15 is 0 Å². The highest BCUT2D eigenvalue weighted by Crippen LogP contribution is 2.39. The minimum atomic E-state index is -0.630. The Hall–Kier alpha value is -1.56. The van der Waals surface area contributed by atoms with Crippen LogP contribution < -0.4 is 5.32 Å². The highest BCUT2D eigenvalue weighted by molar-refractivity contribution is 5.49. The number of para-hydroxylation sites is 1. The molecule has 2 rings (SSSR count). The van der Waals surface area contributed by atoms with Crippen molar-refractivity contribution in [3.63, 3.8) is 0 Å². The van der Waals surface area contributed by atoms with E-state index in [-0.39, 0.29) is 11.7 Å². The molecule has 1 aromatic carbocycles. The molecule has 0 saturated heterocycles. The van der Waals surface area contributed by atoms with Crippen LogP contribution in [0.5, 0.6) is 0 Å². The van der Waals surface area contributed by atoms with Crippen molar-refractivity contribution in [2.24, 2.45) is 11.8 Å². The fourth-order valence-corrected chi connectivity index (χ4v) is 2.83. The van der Waals surface area contributed by atoms with Crippen LogP contribution in [0.15, 0.2) is 24.3 Å². The number of benzene rings is 1. The monoisotopic (exact) mass is 246 g/mol. The lowest BCUT2D eigenvalue weighted by atomic mass is 9.70. The van der Waals surface area contributed by atoms with Crippen LogP contribution in [-0.4, -0.2) is 5.54 Å². The maximum Gasteiger partial charge on any atom is 0.146 e. The highest BCUT2D eigenvalue weighted by atomic mass is 19.1. The summed E-state index contributed by atoms with van der Waals surface area (Å²) < 4.78 is 13.7. The predicted molar refractivity (Wildman–Crippen MR) is 70.5 cm³/mol. The van der Waals surface area contributed by atoms with Crippen LogP contribution in [0.25, 0.3) is 0 Å². The predicted octanol–water partition coefficient (Wildman–Crippen LogP) is 3.96. The van der Waals surface area contributed by atoms with Gasteiger partial charge in [-0.05, 0) is 43.2 Å². The number of rotatable bonds is 2. The summed E-state index contributed by atoms with van der Waals surface area (Å²) in [4.78, 5) is 0. The Labute approximate surface area is 108 Å². The molecular formula is C15H19FN2. The lowest BCUT2D eigenvalue weighted by molar-refractivity contribution is 0.228. The molecule has 1 fully saturated rings. The first-order chi connectivity index (χ1) is 8.57. The molecule has 96 valence electrons. The Morgan fingerprint density at radius 3 is 2.72 bits per heavy atom. The van der Waals surface area contributed by atoms with Gasteiger partial charge in [0.15, 0.2) is 0 Å². The lowest BCUT2D eigenvalue weighted by Crippen LogP contribution is -2.47. The Kier molecular flexibility index (Phi) is 3.56. The number of hydrogen-bond donors (Lipinski definition) is 1. The molecule has 0 aliphatic heterocycles. The van der Waals surface area contributed by atoms with Gasteiger partial charge < -0.3 is 5.32 Å². The van der Waals surface area contributed by atoms with E-state index in [1.54, 1.807) is 18.2 Å². The molecule has 1 aliphatic rings. The molecule has 2 nitrogen and oxygen atoms in total. The summed E-state index contributed by atoms with van der Waals surface area (Å²) in [5.41, 5.74) is -0.199. The Morgan fingerprint density at radius 1 is 1.39 bits per heavy atom. The van der Waals surface area contributed by atoms with Gasteiger partial charge in [-0.25, -0.2) is 4.39 Å². The molecule has 0 bridgehead atoms. The van der Waals surface area contributed by atoms with Gasteiger partial charge in [0, 0.05) is 0 Å². The van der Waals surface area contributed by atoms with E-state index < -0.39 is 5.54 Å². The van der Waals surface area contributed by atoms with Gasteiger partial charge in [-0.2, -0.15) is 5.26 Å². The Bertz CT molecular complexity index is 466. The van der Waals surface area contributed by atoms with Crippen LogP contribution in [0.3, 0.4) is 0 Å². The summed E-state index contributed by atoms with van der Waals surface area (Å²) in [5.74, 6) is 0.577. The largest absolute Gasteiger partial charge is 0.365 e. The Morgan fingerprint density at radius 2 is 2.11 bits per heavy atom. The van der Waals surface area contributed by atoms with E-state index in [2.05, 4.69) is 25.2 Å². The van der Waals surface area contributed by atoms with Crippen molar-refractivity contribution < 1.29 is 4.39 Å². The van der Waals surface area contributed by atoms with E-state index in [1.807, 2.05) is 0 Å². The van der Waals surface area contributed by atoms with E-state index in [0.717, 1.165) is 19.3 Å². The van der Waals surface area contributed by atoms with Crippen molar-refractivity contribution in [2.75, 3.05) is 5.32 Å². The standard InChI is InChI=1S/C15H19FN2/c1-11-7-8-15(10-17,12(2)9-11)18-14-6-4-3-5-13(14)16/h3-6,11-12,18H,7-9H2,1-2H3. The normalized spacial score (nSPS) is 31.7. The second kappa shape index (κ2) is 4.97. The molecule has 3 heteroatoms. The summed E-state index contributed by atoms with van der Waals surface area (Å²) >= 11 is 0. The summed E-state index contributed by atoms with van der Waals surface area (Å²) in [6.45, 7) is 4.29. The summed E-state index contributed by atoms with van der Waals surface area (Å²) in [6.07, 6.45) is 2.80. The zero-order valence-electron chi connectivity index (χ0n) is 10.9. The Balaban J connectivity index is 2.24. The van der Waals surface area contributed by atoms with Gasteiger partial charge in [0.25, 0.3) is 0 Å². The molecule has 1 aliphatic carbocycles. The van der Waals surface area contributed by atoms with Crippen molar-refractivity contribution >= 4 is 5.69 Å². The first kappa shape index (κ1) is 12.9. The van der Waals surface area contributed by atoms with Gasteiger partial charge in [0.2, 0.25) is 0 Å². The molecule has 0 heterocycles. The van der Waals surface area contributed by atoms with Gasteiger partial charge >= 0.3 is 0 Å². The molecule has 1 N–H and O–H groups in total. The molecule has 18 heavy (non-hydrogen) atoms. The van der Waals surface area contributed by atoms with Crippen LogP contribution in [0, 0.1) is 29.0 Å². The first-order valence-electron chi connectivity index (χ1n) is 6.51. The van der Waals surface area contributed by atoms with E-state index in [4.69, 9.17) is 0 Å². The first-order valence-corrected chi connectivity index (χ1v) is 6.51. The van der Waals surface area contributed by atoms with Gasteiger partial charge in [-0.3, -0.25) is 0 Å². The maximum atomic E-state index is 13.7. The van der Waals surface area contributed by atoms with Crippen LogP contribution in [0.2, 0.25) is 0 Å². The van der Waals surface area contributed by atoms with Crippen LogP contribution in [0.1, 0.15) is 33.1 Å². The third kappa shape index (κ3) is 2.33. The summed E-state index contributed by atoms with van der Waals surface area (Å²) in [5, 5.41) is 12.7. The zero-order valence-corrected chi connectivity index (χ0v) is 10.9. The SMILES string of the molecule is CC1CCC(C#N)(Nc2ccccc2F)C(C)C1. The second-order valence-electron chi connectivity index (χ2n) is 5.47. The lowest BCUT2D eigenvalue weighted by Gasteiger charge is -2.40. The van der Waals surface area contributed by atoms with Gasteiger partial charge in [-0.1, -0.05) is 26.0 Å². The molecule has 3 atom stereocenters. The molecule has 3 unspecified atom stereocenters. The molecular weight excluding hydrogens is 227 g/mol. The molecule has 1 saturated carbocycles. The van der Waals surface area contributed by atoms with Crippen molar-refractivity contribution in [1.29, 1.82) is 5.26 Å². The number of halogens is 1. The molecule has 0 spiro atoms. The van der Waals surface area contributed by atoms with Crippen LogP contribution in [0.4, 0.5) is 10.1 Å². The van der Waals surface area contributed by atoms with Crippen molar-refractivity contribution in [2.45, 2.75) is 38.6 Å². The van der Waals surface area contributed by atoms with Crippen LogP contribution in [-0.2, 0) is 0 Å². The average molecular weight is 246 g/mol. The smallest absolute Gasteiger partial charge is 0.146 e. The topological polar surface area (TPSA) is 35.8 Å². The van der Waals surface area contributed by atoms with Gasteiger partial charge in [-0.15, -0.1) is 0 Å². The number of nitriles is 1. The molecule has 0 radical (unpaired) electrons. The minimum absolute atomic E-state index is 0.228. The van der Waals surface area contributed by atoms with Gasteiger partial charge in [0.1, 0.15) is 11.4 Å². The number of nitrogens with one attached hydrogen (secondary N) is 1. The maximum absolute atomic E-state index is 13.7. The zero-order chi connectivity index (χ0) is 13.2. The van der Waals surface area contributed by atoms with Crippen molar-refractivity contribution in [3.8, 4) is 6.07 Å². The molecule has 0 amide bonds. The number of anilines is 1. The van der Waals surface area contributed by atoms with Crippen LogP contribution >= 0.6 is 0 Å². The fourth-order valence-electron chi connectivity index (χ4n) is 2.83. The molecule has 0 aromatic heterocycles. The van der Waals surface area contributed by atoms with E-state index in [1.165, 1.54) is 6.07 Å². The summed E-state index contributed by atoms with van der Waals surface area (Å²) in [6, 6.07) is 8.94. The average Bonchev–Trinajstić information content (AvgIpc) is 2.36. The van der Waals surface area contributed by atoms with Crippen molar-refractivity contribution in [1.82, 2.24) is 0 Å². The molecule has 1 aromatic rings. The summed E-state index contributed by atoms with van der Waals surface area (Å²) in [7, 11) is 0. The van der Waals surface area contributed by atoms with Crippen molar-refractivity contribution in [3.05, 3.63) is 30.1 Å². The highest BCUT2D eigenvalue weighted by Gasteiger charge is 2.40.